The van der Waals surface area contributed by atoms with Crippen molar-refractivity contribution < 1.29 is 9.18 Å². The molecule has 1 heterocycles. The molecule has 0 saturated heterocycles. The highest BCUT2D eigenvalue weighted by Crippen LogP contribution is 2.27. The second kappa shape index (κ2) is 6.57. The van der Waals surface area contributed by atoms with Crippen LogP contribution in [0.3, 0.4) is 0 Å². The first-order chi connectivity index (χ1) is 11.2. The van der Waals surface area contributed by atoms with E-state index in [1.807, 2.05) is 31.2 Å². The number of benzene rings is 2. The zero-order valence-corrected chi connectivity index (χ0v) is 12.8. The highest BCUT2D eigenvalue weighted by Gasteiger charge is 2.09. The smallest absolute Gasteiger partial charge is 0.219 e. The standard InChI is InChI=1S/C19H17FN2O/c1-2-19(23)22-11-13-6-3-4-7-15(13)14-10-16-17(20)8-5-9-18(16)21-12-14/h3-10,12H,2,11H2,1H3,(H,22,23). The number of nitrogens with zero attached hydrogens (tertiary/aromatic N) is 1. The first-order valence-corrected chi connectivity index (χ1v) is 7.58. The molecule has 0 radical (unpaired) electrons. The molecule has 4 heteroatoms. The molecule has 0 aliphatic rings. The lowest BCUT2D eigenvalue weighted by Crippen LogP contribution is -2.21. The molecule has 0 spiro atoms. The van der Waals surface area contributed by atoms with Crippen LogP contribution in [0.15, 0.2) is 54.7 Å². The Labute approximate surface area is 134 Å². The van der Waals surface area contributed by atoms with Gasteiger partial charge < -0.3 is 5.32 Å². The van der Waals surface area contributed by atoms with Crippen LogP contribution in [0.2, 0.25) is 0 Å². The van der Waals surface area contributed by atoms with Gasteiger partial charge in [0.25, 0.3) is 0 Å². The Hall–Kier alpha value is -2.75. The van der Waals surface area contributed by atoms with E-state index in [0.717, 1.165) is 16.7 Å². The molecule has 0 bridgehead atoms. The zero-order valence-electron chi connectivity index (χ0n) is 12.8. The van der Waals surface area contributed by atoms with E-state index >= 15 is 0 Å². The van der Waals surface area contributed by atoms with Crippen LogP contribution in [0.25, 0.3) is 22.0 Å². The zero-order chi connectivity index (χ0) is 16.2. The molecule has 3 aromatic rings. The number of carbonyl (C=O) groups is 1. The third kappa shape index (κ3) is 3.21. The van der Waals surface area contributed by atoms with Crippen LogP contribution < -0.4 is 5.32 Å². The highest BCUT2D eigenvalue weighted by atomic mass is 19.1. The molecule has 0 aliphatic heterocycles. The van der Waals surface area contributed by atoms with Crippen LogP contribution in [0.1, 0.15) is 18.9 Å². The van der Waals surface area contributed by atoms with Crippen molar-refractivity contribution in [3.63, 3.8) is 0 Å². The van der Waals surface area contributed by atoms with Crippen LogP contribution in [0, 0.1) is 5.82 Å². The molecule has 116 valence electrons. The second-order valence-corrected chi connectivity index (χ2v) is 5.32. The summed E-state index contributed by atoms with van der Waals surface area (Å²) in [6, 6.07) is 14.4. The van der Waals surface area contributed by atoms with E-state index in [2.05, 4.69) is 10.3 Å². The molecule has 0 atom stereocenters. The average Bonchev–Trinajstić information content (AvgIpc) is 2.60. The van der Waals surface area contributed by atoms with Crippen LogP contribution in [-0.2, 0) is 11.3 Å². The summed E-state index contributed by atoms with van der Waals surface area (Å²) in [5, 5.41) is 3.37. The molecule has 1 amide bonds. The van der Waals surface area contributed by atoms with E-state index in [1.165, 1.54) is 6.07 Å². The fourth-order valence-electron chi connectivity index (χ4n) is 2.54. The number of nitrogens with one attached hydrogen (secondary N) is 1. The van der Waals surface area contributed by atoms with Crippen molar-refractivity contribution >= 4 is 16.8 Å². The molecule has 0 fully saturated rings. The van der Waals surface area contributed by atoms with Crippen molar-refractivity contribution in [3.8, 4) is 11.1 Å². The van der Waals surface area contributed by atoms with Crippen molar-refractivity contribution in [2.45, 2.75) is 19.9 Å². The average molecular weight is 308 g/mol. The molecule has 0 unspecified atom stereocenters. The predicted molar refractivity (Wildman–Crippen MR) is 89.3 cm³/mol. The minimum absolute atomic E-state index is 0.00230. The predicted octanol–water partition coefficient (Wildman–Crippen LogP) is 4.07. The summed E-state index contributed by atoms with van der Waals surface area (Å²) in [4.78, 5) is 15.8. The number of hydrogen-bond donors (Lipinski definition) is 1. The number of hydrogen-bond acceptors (Lipinski definition) is 2. The third-order valence-electron chi connectivity index (χ3n) is 3.80. The lowest BCUT2D eigenvalue weighted by molar-refractivity contribution is -0.120. The van der Waals surface area contributed by atoms with Gasteiger partial charge in [-0.3, -0.25) is 9.78 Å². The lowest BCUT2D eigenvalue weighted by atomic mass is 9.99. The first kappa shape index (κ1) is 15.2. The minimum Gasteiger partial charge on any atom is -0.352 e. The van der Waals surface area contributed by atoms with E-state index in [4.69, 9.17) is 0 Å². The maximum atomic E-state index is 14.0. The number of amides is 1. The Morgan fingerprint density at radius 3 is 2.83 bits per heavy atom. The van der Waals surface area contributed by atoms with Crippen molar-refractivity contribution in [2.24, 2.45) is 0 Å². The number of rotatable bonds is 4. The largest absolute Gasteiger partial charge is 0.352 e. The molecule has 1 aromatic heterocycles. The van der Waals surface area contributed by atoms with E-state index in [0.29, 0.717) is 23.9 Å². The van der Waals surface area contributed by atoms with Gasteiger partial charge in [-0.25, -0.2) is 4.39 Å². The summed E-state index contributed by atoms with van der Waals surface area (Å²) in [5.74, 6) is -0.281. The van der Waals surface area contributed by atoms with Gasteiger partial charge in [0.2, 0.25) is 5.91 Å². The van der Waals surface area contributed by atoms with E-state index in [-0.39, 0.29) is 11.7 Å². The molecular formula is C19H17FN2O. The van der Waals surface area contributed by atoms with Crippen LogP contribution >= 0.6 is 0 Å². The molecule has 1 N–H and O–H groups in total. The van der Waals surface area contributed by atoms with Crippen molar-refractivity contribution in [2.75, 3.05) is 0 Å². The molecular weight excluding hydrogens is 291 g/mol. The van der Waals surface area contributed by atoms with E-state index in [1.54, 1.807) is 24.4 Å². The normalized spacial score (nSPS) is 10.7. The maximum Gasteiger partial charge on any atom is 0.219 e. The summed E-state index contributed by atoms with van der Waals surface area (Å²) >= 11 is 0. The van der Waals surface area contributed by atoms with Gasteiger partial charge in [0.1, 0.15) is 5.82 Å². The van der Waals surface area contributed by atoms with Gasteiger partial charge >= 0.3 is 0 Å². The van der Waals surface area contributed by atoms with E-state index in [9.17, 15) is 9.18 Å². The maximum absolute atomic E-state index is 14.0. The molecule has 3 nitrogen and oxygen atoms in total. The number of fused-ring (bicyclic) bond motifs is 1. The van der Waals surface area contributed by atoms with Gasteiger partial charge in [-0.2, -0.15) is 0 Å². The summed E-state index contributed by atoms with van der Waals surface area (Å²) in [6.45, 7) is 2.26. The van der Waals surface area contributed by atoms with Crippen LogP contribution in [-0.4, -0.2) is 10.9 Å². The van der Waals surface area contributed by atoms with Crippen molar-refractivity contribution in [1.82, 2.24) is 10.3 Å². The van der Waals surface area contributed by atoms with Gasteiger partial charge in [0, 0.05) is 30.1 Å². The Morgan fingerprint density at radius 2 is 2.00 bits per heavy atom. The SMILES string of the molecule is CCC(=O)NCc1ccccc1-c1cnc2cccc(F)c2c1. The molecule has 0 saturated carbocycles. The Morgan fingerprint density at radius 1 is 1.17 bits per heavy atom. The first-order valence-electron chi connectivity index (χ1n) is 7.58. The second-order valence-electron chi connectivity index (χ2n) is 5.32. The van der Waals surface area contributed by atoms with E-state index < -0.39 is 0 Å². The van der Waals surface area contributed by atoms with Gasteiger partial charge in [-0.15, -0.1) is 0 Å². The fraction of sp³-hybridized carbons (Fsp3) is 0.158. The summed E-state index contributed by atoms with van der Waals surface area (Å²) in [6.07, 6.45) is 2.19. The van der Waals surface area contributed by atoms with Crippen molar-refractivity contribution in [1.29, 1.82) is 0 Å². The number of aromatic nitrogens is 1. The fourth-order valence-corrected chi connectivity index (χ4v) is 2.54. The summed E-state index contributed by atoms with van der Waals surface area (Å²) in [7, 11) is 0. The highest BCUT2D eigenvalue weighted by molar-refractivity contribution is 5.84. The summed E-state index contributed by atoms with van der Waals surface area (Å²) in [5.41, 5.74) is 3.39. The van der Waals surface area contributed by atoms with Crippen LogP contribution in [0.5, 0.6) is 0 Å². The van der Waals surface area contributed by atoms with Crippen molar-refractivity contribution in [3.05, 3.63) is 66.1 Å². The number of pyridine rings is 1. The molecule has 0 aliphatic carbocycles. The quantitative estimate of drug-likeness (QED) is 0.789. The Kier molecular flexibility index (Phi) is 4.33. The molecule has 23 heavy (non-hydrogen) atoms. The Balaban J connectivity index is 2.01. The van der Waals surface area contributed by atoms with Crippen LogP contribution in [0.4, 0.5) is 4.39 Å². The molecule has 2 aromatic carbocycles. The van der Waals surface area contributed by atoms with Gasteiger partial charge in [-0.05, 0) is 29.3 Å². The van der Waals surface area contributed by atoms with Gasteiger partial charge in [-0.1, -0.05) is 37.3 Å². The minimum atomic E-state index is -0.284. The topological polar surface area (TPSA) is 42.0 Å². The monoisotopic (exact) mass is 308 g/mol. The lowest BCUT2D eigenvalue weighted by Gasteiger charge is -2.11. The Bertz CT molecular complexity index is 861. The summed E-state index contributed by atoms with van der Waals surface area (Å²) < 4.78 is 14.0. The van der Waals surface area contributed by atoms with Gasteiger partial charge in [0.05, 0.1) is 5.52 Å². The number of halogens is 1. The third-order valence-corrected chi connectivity index (χ3v) is 3.80. The number of carbonyl (C=O) groups excluding carboxylic acids is 1. The van der Waals surface area contributed by atoms with Gasteiger partial charge in [0.15, 0.2) is 0 Å². The molecule has 3 rings (SSSR count).